The first-order valence-electron chi connectivity index (χ1n) is 5.29. The largest absolute Gasteiger partial charge is 0.508 e. The number of amides is 1. The first kappa shape index (κ1) is 11.7. The number of nitrogens with zero attached hydrogens (tertiary/aromatic N) is 1. The normalized spacial score (nSPS) is 9.50. The molecule has 0 aliphatic carbocycles. The molecule has 0 saturated heterocycles. The molecule has 18 heavy (non-hydrogen) atoms. The Morgan fingerprint density at radius 2 is 1.89 bits per heavy atom. The number of phenols is 1. The quantitative estimate of drug-likeness (QED) is 0.844. The molecule has 2 N–H and O–H groups in total. The predicted octanol–water partition coefficient (Wildman–Crippen LogP) is 2.52. The summed E-state index contributed by atoms with van der Waals surface area (Å²) >= 11 is 0. The number of carbonyl (C=O) groups is 1. The summed E-state index contributed by atoms with van der Waals surface area (Å²) in [5, 5.41) is 20.6. The van der Waals surface area contributed by atoms with E-state index in [0.717, 1.165) is 0 Å². The third-order valence-corrected chi connectivity index (χ3v) is 2.38. The first-order chi connectivity index (χ1) is 8.69. The highest BCUT2D eigenvalue weighted by Crippen LogP contribution is 2.13. The zero-order valence-electron chi connectivity index (χ0n) is 9.42. The lowest BCUT2D eigenvalue weighted by Crippen LogP contribution is -2.11. The minimum absolute atomic E-state index is 0.109. The maximum Gasteiger partial charge on any atom is 0.255 e. The maximum atomic E-state index is 11.8. The van der Waals surface area contributed by atoms with E-state index in [9.17, 15) is 4.79 Å². The molecular formula is C14H10N2O2. The van der Waals surface area contributed by atoms with Crippen LogP contribution >= 0.6 is 0 Å². The Hall–Kier alpha value is -2.80. The second-order valence-electron chi connectivity index (χ2n) is 3.69. The number of carbonyl (C=O) groups excluding carboxylic acids is 1. The second-order valence-corrected chi connectivity index (χ2v) is 3.69. The van der Waals surface area contributed by atoms with Gasteiger partial charge < -0.3 is 10.4 Å². The molecule has 4 heteroatoms. The predicted molar refractivity (Wildman–Crippen MR) is 67.2 cm³/mol. The topological polar surface area (TPSA) is 73.1 Å². The third-order valence-electron chi connectivity index (χ3n) is 2.38. The number of hydrogen-bond donors (Lipinski definition) is 2. The molecule has 0 bridgehead atoms. The van der Waals surface area contributed by atoms with Crippen molar-refractivity contribution in [2.45, 2.75) is 0 Å². The van der Waals surface area contributed by atoms with Crippen LogP contribution in [-0.2, 0) is 0 Å². The van der Waals surface area contributed by atoms with Crippen LogP contribution in [0.25, 0.3) is 0 Å². The van der Waals surface area contributed by atoms with Crippen molar-refractivity contribution < 1.29 is 9.90 Å². The molecule has 0 unspecified atom stereocenters. The molecule has 0 aliphatic rings. The molecule has 88 valence electrons. The third kappa shape index (κ3) is 2.66. The Morgan fingerprint density at radius 3 is 2.56 bits per heavy atom. The van der Waals surface area contributed by atoms with Crippen molar-refractivity contribution in [1.29, 1.82) is 5.26 Å². The Kier molecular flexibility index (Phi) is 3.26. The van der Waals surface area contributed by atoms with E-state index >= 15 is 0 Å². The van der Waals surface area contributed by atoms with Crippen molar-refractivity contribution in [2.75, 3.05) is 5.32 Å². The number of phenolic OH excluding ortho intramolecular Hbond substituents is 1. The van der Waals surface area contributed by atoms with Crippen molar-refractivity contribution in [3.05, 3.63) is 59.7 Å². The van der Waals surface area contributed by atoms with E-state index in [2.05, 4.69) is 5.32 Å². The molecule has 4 nitrogen and oxygen atoms in total. The minimum Gasteiger partial charge on any atom is -0.508 e. The number of aromatic hydroxyl groups is 1. The van der Waals surface area contributed by atoms with Crippen LogP contribution in [0.5, 0.6) is 5.75 Å². The van der Waals surface area contributed by atoms with Crippen LogP contribution in [-0.4, -0.2) is 11.0 Å². The van der Waals surface area contributed by atoms with Crippen LogP contribution in [0.1, 0.15) is 15.9 Å². The van der Waals surface area contributed by atoms with Gasteiger partial charge in [0.1, 0.15) is 5.75 Å². The van der Waals surface area contributed by atoms with Crippen molar-refractivity contribution in [3.8, 4) is 11.8 Å². The number of nitriles is 1. The van der Waals surface area contributed by atoms with Gasteiger partial charge in [0, 0.05) is 11.3 Å². The number of benzene rings is 2. The average Bonchev–Trinajstić information content (AvgIpc) is 2.39. The summed E-state index contributed by atoms with van der Waals surface area (Å²) in [5.41, 5.74) is 1.49. The van der Waals surface area contributed by atoms with Crippen molar-refractivity contribution in [1.82, 2.24) is 0 Å². The molecule has 1 amide bonds. The highest BCUT2D eigenvalue weighted by atomic mass is 16.3. The van der Waals surface area contributed by atoms with Crippen LogP contribution in [0.15, 0.2) is 48.5 Å². The fourth-order valence-electron chi connectivity index (χ4n) is 1.48. The lowest BCUT2D eigenvalue weighted by Gasteiger charge is -2.05. The summed E-state index contributed by atoms with van der Waals surface area (Å²) in [6, 6.07) is 14.6. The van der Waals surface area contributed by atoms with Gasteiger partial charge in [-0.3, -0.25) is 4.79 Å². The lowest BCUT2D eigenvalue weighted by atomic mass is 10.2. The van der Waals surface area contributed by atoms with Crippen LogP contribution in [0.2, 0.25) is 0 Å². The van der Waals surface area contributed by atoms with E-state index in [4.69, 9.17) is 10.4 Å². The molecular weight excluding hydrogens is 228 g/mol. The van der Waals surface area contributed by atoms with E-state index in [0.29, 0.717) is 16.8 Å². The lowest BCUT2D eigenvalue weighted by molar-refractivity contribution is 0.102. The molecule has 0 atom stereocenters. The van der Waals surface area contributed by atoms with E-state index in [-0.39, 0.29) is 11.7 Å². The van der Waals surface area contributed by atoms with E-state index in [1.54, 1.807) is 24.3 Å². The molecule has 0 heterocycles. The van der Waals surface area contributed by atoms with Crippen LogP contribution < -0.4 is 5.32 Å². The highest BCUT2D eigenvalue weighted by Gasteiger charge is 2.06. The van der Waals surface area contributed by atoms with Gasteiger partial charge in [-0.05, 0) is 42.5 Å². The Balaban J connectivity index is 2.16. The fraction of sp³-hybridized carbons (Fsp3) is 0. The summed E-state index contributed by atoms with van der Waals surface area (Å²) in [6.07, 6.45) is 0. The molecule has 0 aliphatic heterocycles. The molecule has 0 fully saturated rings. The monoisotopic (exact) mass is 238 g/mol. The van der Waals surface area contributed by atoms with Gasteiger partial charge in [0.15, 0.2) is 0 Å². The van der Waals surface area contributed by atoms with Gasteiger partial charge in [0.2, 0.25) is 0 Å². The van der Waals surface area contributed by atoms with Gasteiger partial charge in [-0.1, -0.05) is 6.07 Å². The summed E-state index contributed by atoms with van der Waals surface area (Å²) in [7, 11) is 0. The van der Waals surface area contributed by atoms with Crippen molar-refractivity contribution in [2.24, 2.45) is 0 Å². The van der Waals surface area contributed by atoms with Gasteiger partial charge >= 0.3 is 0 Å². The standard InChI is InChI=1S/C14H10N2O2/c15-9-10-2-1-3-12(8-10)16-14(18)11-4-6-13(17)7-5-11/h1-8,17H,(H,16,18). The molecule has 0 saturated carbocycles. The molecule has 2 aromatic rings. The second kappa shape index (κ2) is 5.02. The van der Waals surface area contributed by atoms with Crippen molar-refractivity contribution in [3.63, 3.8) is 0 Å². The molecule has 0 spiro atoms. The highest BCUT2D eigenvalue weighted by molar-refractivity contribution is 6.04. The summed E-state index contributed by atoms with van der Waals surface area (Å²) in [5.74, 6) is -0.178. The number of nitrogens with one attached hydrogen (secondary N) is 1. The fourth-order valence-corrected chi connectivity index (χ4v) is 1.48. The molecule has 2 rings (SSSR count). The van der Waals surface area contributed by atoms with Gasteiger partial charge in [-0.2, -0.15) is 5.26 Å². The first-order valence-corrected chi connectivity index (χ1v) is 5.29. The minimum atomic E-state index is -0.287. The Labute approximate surface area is 104 Å². The Morgan fingerprint density at radius 1 is 1.17 bits per heavy atom. The van der Waals surface area contributed by atoms with Gasteiger partial charge in [0.05, 0.1) is 11.6 Å². The number of anilines is 1. The summed E-state index contributed by atoms with van der Waals surface area (Å²) in [6.45, 7) is 0. The zero-order valence-corrected chi connectivity index (χ0v) is 9.42. The van der Waals surface area contributed by atoms with Gasteiger partial charge in [-0.25, -0.2) is 0 Å². The van der Waals surface area contributed by atoms with Crippen LogP contribution in [0, 0.1) is 11.3 Å². The van der Waals surface area contributed by atoms with E-state index < -0.39 is 0 Å². The smallest absolute Gasteiger partial charge is 0.255 e. The molecule has 0 radical (unpaired) electrons. The summed E-state index contributed by atoms with van der Waals surface area (Å²) in [4.78, 5) is 11.8. The maximum absolute atomic E-state index is 11.8. The van der Waals surface area contributed by atoms with E-state index in [1.165, 1.54) is 24.3 Å². The number of rotatable bonds is 2. The van der Waals surface area contributed by atoms with Crippen LogP contribution in [0.3, 0.4) is 0 Å². The summed E-state index contributed by atoms with van der Waals surface area (Å²) < 4.78 is 0. The number of hydrogen-bond acceptors (Lipinski definition) is 3. The van der Waals surface area contributed by atoms with Gasteiger partial charge in [-0.15, -0.1) is 0 Å². The van der Waals surface area contributed by atoms with Crippen LogP contribution in [0.4, 0.5) is 5.69 Å². The van der Waals surface area contributed by atoms with Crippen molar-refractivity contribution >= 4 is 11.6 Å². The SMILES string of the molecule is N#Cc1cccc(NC(=O)c2ccc(O)cc2)c1. The van der Waals surface area contributed by atoms with Gasteiger partial charge in [0.25, 0.3) is 5.91 Å². The molecule has 0 aromatic heterocycles. The average molecular weight is 238 g/mol. The van der Waals surface area contributed by atoms with E-state index in [1.807, 2.05) is 6.07 Å². The Bertz CT molecular complexity index is 612. The zero-order chi connectivity index (χ0) is 13.0. The molecule has 2 aromatic carbocycles.